The normalized spacial score (nSPS) is 10.6. The van der Waals surface area contributed by atoms with E-state index in [0.29, 0.717) is 18.9 Å². The number of nitrogens with two attached hydrogens (primary N) is 1. The Morgan fingerprint density at radius 1 is 1.04 bits per heavy atom. The summed E-state index contributed by atoms with van der Waals surface area (Å²) in [6.45, 7) is 4.45. The predicted molar refractivity (Wildman–Crippen MR) is 110 cm³/mol. The molecule has 0 atom stereocenters. The second-order valence-electron chi connectivity index (χ2n) is 6.89. The zero-order valence-electron chi connectivity index (χ0n) is 16.1. The quantitative estimate of drug-likeness (QED) is 0.591. The lowest BCUT2D eigenvalue weighted by molar-refractivity contribution is -0.136. The average Bonchev–Trinajstić information content (AvgIpc) is 2.65. The summed E-state index contributed by atoms with van der Waals surface area (Å²) in [6, 6.07) is 17.4. The van der Waals surface area contributed by atoms with Crippen LogP contribution in [0.2, 0.25) is 0 Å². The van der Waals surface area contributed by atoms with Crippen LogP contribution in [0.5, 0.6) is 5.88 Å². The van der Waals surface area contributed by atoms with Gasteiger partial charge < -0.3 is 15.6 Å². The molecule has 1 aromatic heterocycles. The molecule has 0 aliphatic heterocycles. The average molecular weight is 376 g/mol. The molecule has 3 rings (SSSR count). The molecule has 3 N–H and O–H groups in total. The van der Waals surface area contributed by atoms with Gasteiger partial charge in [0.25, 0.3) is 0 Å². The first-order chi connectivity index (χ1) is 13.4. The smallest absolute Gasteiger partial charge is 0.303 e. The van der Waals surface area contributed by atoms with Crippen molar-refractivity contribution < 1.29 is 14.6 Å². The fourth-order valence-electron chi connectivity index (χ4n) is 3.25. The molecule has 0 aliphatic carbocycles. The Labute approximate surface area is 164 Å². The van der Waals surface area contributed by atoms with Gasteiger partial charge in [-0.05, 0) is 60.7 Å². The van der Waals surface area contributed by atoms with Gasteiger partial charge in [-0.15, -0.1) is 0 Å². The van der Waals surface area contributed by atoms with E-state index in [4.69, 9.17) is 15.6 Å². The second-order valence-corrected chi connectivity index (χ2v) is 6.89. The van der Waals surface area contributed by atoms with Crippen LogP contribution in [0.3, 0.4) is 0 Å². The maximum atomic E-state index is 10.7. The molecule has 0 saturated carbocycles. The van der Waals surface area contributed by atoms with E-state index >= 15 is 0 Å². The first-order valence-corrected chi connectivity index (χ1v) is 9.19. The summed E-state index contributed by atoms with van der Waals surface area (Å²) in [5.41, 5.74) is 12.8. The van der Waals surface area contributed by atoms with E-state index in [2.05, 4.69) is 4.98 Å². The number of nitrogens with zero attached hydrogens (tertiary/aromatic N) is 1. The lowest BCUT2D eigenvalue weighted by Crippen LogP contribution is -2.00. The number of benzene rings is 2. The highest BCUT2D eigenvalue weighted by Gasteiger charge is 2.09. The number of ether oxygens (including phenoxy) is 1. The summed E-state index contributed by atoms with van der Waals surface area (Å²) < 4.78 is 5.87. The highest BCUT2D eigenvalue weighted by molar-refractivity contribution is 5.71. The molecule has 0 aliphatic rings. The molecular weight excluding hydrogens is 352 g/mol. The minimum absolute atomic E-state index is 0.135. The zero-order valence-corrected chi connectivity index (χ0v) is 16.1. The standard InChI is InChI=1S/C23H24N2O3/c1-15-12-19(24)13-16(2)23(15)20-4-3-5-21(25-20)28-14-18-8-6-17(7-9-18)10-11-22(26)27/h3-9,12-13H,10-11,14,24H2,1-2H3,(H,26,27). The topological polar surface area (TPSA) is 85.4 Å². The first-order valence-electron chi connectivity index (χ1n) is 9.19. The van der Waals surface area contributed by atoms with Gasteiger partial charge in [-0.25, -0.2) is 4.98 Å². The molecule has 0 amide bonds. The molecule has 3 aromatic rings. The number of anilines is 1. The van der Waals surface area contributed by atoms with Crippen molar-refractivity contribution in [2.24, 2.45) is 0 Å². The Kier molecular flexibility index (Phi) is 5.94. The van der Waals surface area contributed by atoms with E-state index in [0.717, 1.165) is 39.2 Å². The summed E-state index contributed by atoms with van der Waals surface area (Å²) in [6.07, 6.45) is 0.664. The molecule has 0 unspecified atom stereocenters. The Bertz CT molecular complexity index is 958. The summed E-state index contributed by atoms with van der Waals surface area (Å²) in [5.74, 6) is -0.229. The van der Waals surface area contributed by atoms with Crippen molar-refractivity contribution in [3.05, 3.63) is 76.9 Å². The van der Waals surface area contributed by atoms with Crippen molar-refractivity contribution >= 4 is 11.7 Å². The largest absolute Gasteiger partial charge is 0.481 e. The van der Waals surface area contributed by atoms with E-state index in [1.165, 1.54) is 0 Å². The van der Waals surface area contributed by atoms with Crippen LogP contribution in [0, 0.1) is 13.8 Å². The van der Waals surface area contributed by atoms with E-state index < -0.39 is 5.97 Å². The molecule has 1 heterocycles. The number of carboxylic acids is 1. The number of hydrogen-bond acceptors (Lipinski definition) is 4. The molecule has 0 fully saturated rings. The second kappa shape index (κ2) is 8.57. The molecule has 5 nitrogen and oxygen atoms in total. The zero-order chi connectivity index (χ0) is 20.1. The number of carbonyl (C=O) groups is 1. The third-order valence-electron chi connectivity index (χ3n) is 4.57. The Morgan fingerprint density at radius 2 is 1.68 bits per heavy atom. The Hall–Kier alpha value is -3.34. The molecule has 0 spiro atoms. The molecule has 2 aromatic carbocycles. The summed E-state index contributed by atoms with van der Waals surface area (Å²) in [5, 5.41) is 8.76. The van der Waals surface area contributed by atoms with Crippen molar-refractivity contribution in [3.63, 3.8) is 0 Å². The van der Waals surface area contributed by atoms with Crippen LogP contribution in [-0.4, -0.2) is 16.1 Å². The van der Waals surface area contributed by atoms with Crippen LogP contribution in [0.15, 0.2) is 54.6 Å². The third-order valence-corrected chi connectivity index (χ3v) is 4.57. The molecule has 0 saturated heterocycles. The number of nitrogen functional groups attached to an aromatic ring is 1. The van der Waals surface area contributed by atoms with Crippen molar-refractivity contribution in [2.45, 2.75) is 33.3 Å². The van der Waals surface area contributed by atoms with Gasteiger partial charge in [-0.3, -0.25) is 4.79 Å². The molecule has 144 valence electrons. The van der Waals surface area contributed by atoms with Crippen LogP contribution >= 0.6 is 0 Å². The van der Waals surface area contributed by atoms with Gasteiger partial charge in [-0.1, -0.05) is 30.3 Å². The van der Waals surface area contributed by atoms with Crippen LogP contribution in [-0.2, 0) is 17.8 Å². The van der Waals surface area contributed by atoms with Crippen LogP contribution in [0.4, 0.5) is 5.69 Å². The summed E-state index contributed by atoms with van der Waals surface area (Å²) in [7, 11) is 0. The van der Waals surface area contributed by atoms with Gasteiger partial charge >= 0.3 is 5.97 Å². The van der Waals surface area contributed by atoms with E-state index in [-0.39, 0.29) is 6.42 Å². The highest BCUT2D eigenvalue weighted by Crippen LogP contribution is 2.29. The van der Waals surface area contributed by atoms with Gasteiger partial charge in [0.2, 0.25) is 5.88 Å². The molecule has 28 heavy (non-hydrogen) atoms. The number of hydrogen-bond donors (Lipinski definition) is 2. The minimum Gasteiger partial charge on any atom is -0.481 e. The summed E-state index contributed by atoms with van der Waals surface area (Å²) >= 11 is 0. The van der Waals surface area contributed by atoms with Gasteiger partial charge in [0.1, 0.15) is 6.61 Å². The number of rotatable bonds is 7. The van der Waals surface area contributed by atoms with Crippen molar-refractivity contribution in [3.8, 4) is 17.1 Å². The number of aromatic nitrogens is 1. The minimum atomic E-state index is -0.787. The summed E-state index contributed by atoms with van der Waals surface area (Å²) in [4.78, 5) is 15.3. The van der Waals surface area contributed by atoms with Gasteiger partial charge in [-0.2, -0.15) is 0 Å². The molecular formula is C23H24N2O3. The van der Waals surface area contributed by atoms with E-state index in [1.807, 2.05) is 68.4 Å². The fourth-order valence-corrected chi connectivity index (χ4v) is 3.25. The Balaban J connectivity index is 1.69. The number of carboxylic acid groups (broad SMARTS) is 1. The Morgan fingerprint density at radius 3 is 2.32 bits per heavy atom. The predicted octanol–water partition coefficient (Wildman–Crippen LogP) is 4.54. The van der Waals surface area contributed by atoms with Gasteiger partial charge in [0, 0.05) is 23.7 Å². The van der Waals surface area contributed by atoms with Gasteiger partial charge in [0.15, 0.2) is 0 Å². The van der Waals surface area contributed by atoms with E-state index in [9.17, 15) is 4.79 Å². The maximum Gasteiger partial charge on any atom is 0.303 e. The van der Waals surface area contributed by atoms with Crippen molar-refractivity contribution in [1.82, 2.24) is 4.98 Å². The van der Waals surface area contributed by atoms with Crippen LogP contribution in [0.25, 0.3) is 11.3 Å². The van der Waals surface area contributed by atoms with E-state index in [1.54, 1.807) is 0 Å². The van der Waals surface area contributed by atoms with Gasteiger partial charge in [0.05, 0.1) is 5.69 Å². The monoisotopic (exact) mass is 376 g/mol. The molecule has 0 bridgehead atoms. The number of pyridine rings is 1. The first kappa shape index (κ1) is 19.4. The number of aryl methyl sites for hydroxylation is 3. The van der Waals surface area contributed by atoms with Crippen LogP contribution in [0.1, 0.15) is 28.7 Å². The third kappa shape index (κ3) is 4.88. The number of aliphatic carboxylic acids is 1. The molecule has 0 radical (unpaired) electrons. The van der Waals surface area contributed by atoms with Crippen molar-refractivity contribution in [2.75, 3.05) is 5.73 Å². The SMILES string of the molecule is Cc1cc(N)cc(C)c1-c1cccc(OCc2ccc(CCC(=O)O)cc2)n1. The lowest BCUT2D eigenvalue weighted by Gasteiger charge is -2.12. The molecule has 5 heteroatoms. The fraction of sp³-hybridized carbons (Fsp3) is 0.217. The maximum absolute atomic E-state index is 10.7. The van der Waals surface area contributed by atoms with Crippen LogP contribution < -0.4 is 10.5 Å². The lowest BCUT2D eigenvalue weighted by atomic mass is 9.98. The highest BCUT2D eigenvalue weighted by atomic mass is 16.5. The van der Waals surface area contributed by atoms with Crippen molar-refractivity contribution in [1.29, 1.82) is 0 Å².